The maximum atomic E-state index is 12.3. The van der Waals surface area contributed by atoms with Crippen molar-refractivity contribution in [3.8, 4) is 0 Å². The maximum absolute atomic E-state index is 12.3. The molecule has 2 rings (SSSR count). The summed E-state index contributed by atoms with van der Waals surface area (Å²) in [5, 5.41) is 2.78. The minimum absolute atomic E-state index is 0.108. The molecule has 2 unspecified atom stereocenters. The Kier molecular flexibility index (Phi) is 4.53. The van der Waals surface area contributed by atoms with Crippen molar-refractivity contribution >= 4 is 27.1 Å². The van der Waals surface area contributed by atoms with Crippen LogP contribution in [0.2, 0.25) is 0 Å². The predicted molar refractivity (Wildman–Crippen MR) is 83.8 cm³/mol. The number of nitrogens with one attached hydrogen (secondary N) is 1. The molecule has 1 aromatic rings. The van der Waals surface area contributed by atoms with E-state index in [1.807, 2.05) is 4.90 Å². The zero-order valence-electron chi connectivity index (χ0n) is 12.2. The summed E-state index contributed by atoms with van der Waals surface area (Å²) in [6, 6.07) is 6.51. The third kappa shape index (κ3) is 3.74. The topological polar surface area (TPSA) is 92.5 Å². The molecule has 1 aliphatic rings. The van der Waals surface area contributed by atoms with E-state index in [1.54, 1.807) is 38.2 Å². The molecule has 0 bridgehead atoms. The number of benzene rings is 1. The monoisotopic (exact) mass is 311 g/mol. The van der Waals surface area contributed by atoms with Gasteiger partial charge >= 0.3 is 0 Å². The lowest BCUT2D eigenvalue weighted by atomic mass is 10.1. The summed E-state index contributed by atoms with van der Waals surface area (Å²) in [5.74, 6) is 0.121. The summed E-state index contributed by atoms with van der Waals surface area (Å²) in [5.41, 5.74) is 6.87. The zero-order chi connectivity index (χ0) is 15.6. The molecular weight excluding hydrogens is 290 g/mol. The van der Waals surface area contributed by atoms with Crippen molar-refractivity contribution < 1.29 is 13.2 Å². The number of para-hydroxylation sites is 2. The van der Waals surface area contributed by atoms with Gasteiger partial charge in [-0.1, -0.05) is 12.1 Å². The van der Waals surface area contributed by atoms with Crippen LogP contribution in [0.25, 0.3) is 0 Å². The van der Waals surface area contributed by atoms with E-state index >= 15 is 0 Å². The number of carbonyl (C=O) groups is 1. The lowest BCUT2D eigenvalue weighted by Crippen LogP contribution is -2.45. The Hall–Kier alpha value is -1.60. The van der Waals surface area contributed by atoms with Gasteiger partial charge in [0.1, 0.15) is 0 Å². The van der Waals surface area contributed by atoms with E-state index in [0.29, 0.717) is 17.8 Å². The summed E-state index contributed by atoms with van der Waals surface area (Å²) >= 11 is 0. The largest absolute Gasteiger partial charge is 0.397 e. The van der Waals surface area contributed by atoms with Crippen molar-refractivity contribution in [2.45, 2.75) is 25.4 Å². The Morgan fingerprint density at radius 1 is 1.43 bits per heavy atom. The Morgan fingerprint density at radius 2 is 2.10 bits per heavy atom. The highest BCUT2D eigenvalue weighted by Gasteiger charge is 2.34. The van der Waals surface area contributed by atoms with Crippen molar-refractivity contribution in [1.29, 1.82) is 0 Å². The highest BCUT2D eigenvalue weighted by atomic mass is 32.2. The number of sulfone groups is 1. The van der Waals surface area contributed by atoms with Gasteiger partial charge in [0.15, 0.2) is 9.84 Å². The van der Waals surface area contributed by atoms with Crippen LogP contribution in [0.5, 0.6) is 0 Å². The van der Waals surface area contributed by atoms with Crippen molar-refractivity contribution in [2.24, 2.45) is 0 Å². The van der Waals surface area contributed by atoms with E-state index in [1.165, 1.54) is 0 Å². The van der Waals surface area contributed by atoms with E-state index in [0.717, 1.165) is 0 Å². The molecule has 0 aliphatic carbocycles. The van der Waals surface area contributed by atoms with Gasteiger partial charge in [-0.2, -0.15) is 0 Å². The normalized spacial score (nSPS) is 22.1. The van der Waals surface area contributed by atoms with Crippen LogP contribution >= 0.6 is 0 Å². The number of nitrogen functional groups attached to an aromatic ring is 1. The van der Waals surface area contributed by atoms with Crippen LogP contribution in [-0.2, 0) is 14.6 Å². The van der Waals surface area contributed by atoms with E-state index < -0.39 is 15.9 Å². The van der Waals surface area contributed by atoms with Crippen LogP contribution in [0.3, 0.4) is 0 Å². The molecule has 7 heteroatoms. The number of nitrogens with zero attached hydrogens (tertiary/aromatic N) is 1. The van der Waals surface area contributed by atoms with Gasteiger partial charge < -0.3 is 11.1 Å². The SMILES string of the molecule is CC(C(=O)Nc1ccccc1N)N(C)C1CCS(=O)(=O)C1. The first kappa shape index (κ1) is 15.8. The molecule has 2 atom stereocenters. The molecular formula is C14H21N3O3S. The number of amides is 1. The number of likely N-dealkylation sites (N-methyl/N-ethyl adjacent to an activating group) is 1. The maximum Gasteiger partial charge on any atom is 0.241 e. The molecule has 21 heavy (non-hydrogen) atoms. The van der Waals surface area contributed by atoms with Gasteiger partial charge in [0.05, 0.1) is 28.9 Å². The van der Waals surface area contributed by atoms with Crippen molar-refractivity contribution in [3.63, 3.8) is 0 Å². The molecule has 0 saturated carbocycles. The van der Waals surface area contributed by atoms with E-state index in [9.17, 15) is 13.2 Å². The first-order chi connectivity index (χ1) is 9.80. The van der Waals surface area contributed by atoms with Crippen LogP contribution in [0.1, 0.15) is 13.3 Å². The predicted octanol–water partition coefficient (Wildman–Crippen LogP) is 0.715. The molecule has 1 aromatic carbocycles. The van der Waals surface area contributed by atoms with Crippen molar-refractivity contribution in [3.05, 3.63) is 24.3 Å². The van der Waals surface area contributed by atoms with Gasteiger partial charge in [-0.15, -0.1) is 0 Å². The summed E-state index contributed by atoms with van der Waals surface area (Å²) in [7, 11) is -1.18. The van der Waals surface area contributed by atoms with Crippen molar-refractivity contribution in [1.82, 2.24) is 4.90 Å². The second-order valence-corrected chi connectivity index (χ2v) is 7.70. The van der Waals surface area contributed by atoms with Gasteiger partial charge in [-0.05, 0) is 32.5 Å². The molecule has 3 N–H and O–H groups in total. The second kappa shape index (κ2) is 6.03. The van der Waals surface area contributed by atoms with Gasteiger partial charge in [-0.25, -0.2) is 8.42 Å². The van der Waals surface area contributed by atoms with Gasteiger partial charge in [-0.3, -0.25) is 9.69 Å². The Bertz CT molecular complexity index is 630. The number of hydrogen-bond acceptors (Lipinski definition) is 5. The van der Waals surface area contributed by atoms with E-state index in [4.69, 9.17) is 5.73 Å². The Labute approximate surface area is 125 Å². The number of nitrogens with two attached hydrogens (primary N) is 1. The van der Waals surface area contributed by atoms with Crippen LogP contribution in [0, 0.1) is 0 Å². The second-order valence-electron chi connectivity index (χ2n) is 5.47. The summed E-state index contributed by atoms with van der Waals surface area (Å²) in [4.78, 5) is 14.1. The quantitative estimate of drug-likeness (QED) is 0.799. The van der Waals surface area contributed by atoms with Crippen LogP contribution in [0.4, 0.5) is 11.4 Å². The first-order valence-corrected chi connectivity index (χ1v) is 8.70. The Morgan fingerprint density at radius 3 is 2.67 bits per heavy atom. The molecule has 0 spiro atoms. The standard InChI is InChI=1S/C14H21N3O3S/c1-10(17(2)11-7-8-21(19,20)9-11)14(18)16-13-6-4-3-5-12(13)15/h3-6,10-11H,7-9,15H2,1-2H3,(H,16,18). The highest BCUT2D eigenvalue weighted by Crippen LogP contribution is 2.20. The third-order valence-electron chi connectivity index (χ3n) is 3.99. The highest BCUT2D eigenvalue weighted by molar-refractivity contribution is 7.91. The molecule has 6 nitrogen and oxygen atoms in total. The molecule has 0 aromatic heterocycles. The lowest BCUT2D eigenvalue weighted by molar-refractivity contribution is -0.120. The van der Waals surface area contributed by atoms with E-state index in [-0.39, 0.29) is 23.5 Å². The van der Waals surface area contributed by atoms with Gasteiger partial charge in [0.25, 0.3) is 0 Å². The fraction of sp³-hybridized carbons (Fsp3) is 0.500. The zero-order valence-corrected chi connectivity index (χ0v) is 13.1. The number of anilines is 2. The summed E-state index contributed by atoms with van der Waals surface area (Å²) in [6.07, 6.45) is 0.573. The van der Waals surface area contributed by atoms with Crippen molar-refractivity contribution in [2.75, 3.05) is 29.6 Å². The number of carbonyl (C=O) groups excluding carboxylic acids is 1. The van der Waals surface area contributed by atoms with Crippen LogP contribution in [-0.4, -0.2) is 49.9 Å². The molecule has 1 fully saturated rings. The molecule has 0 radical (unpaired) electrons. The fourth-order valence-electron chi connectivity index (χ4n) is 2.45. The Balaban J connectivity index is 2.01. The number of rotatable bonds is 4. The lowest BCUT2D eigenvalue weighted by Gasteiger charge is -2.29. The first-order valence-electron chi connectivity index (χ1n) is 6.88. The van der Waals surface area contributed by atoms with Crippen LogP contribution in [0.15, 0.2) is 24.3 Å². The minimum Gasteiger partial charge on any atom is -0.397 e. The average molecular weight is 311 g/mol. The third-order valence-corrected chi connectivity index (χ3v) is 5.74. The number of hydrogen-bond donors (Lipinski definition) is 2. The molecule has 116 valence electrons. The minimum atomic E-state index is -2.96. The van der Waals surface area contributed by atoms with Gasteiger partial charge in [0.2, 0.25) is 5.91 Å². The molecule has 1 saturated heterocycles. The summed E-state index contributed by atoms with van der Waals surface area (Å²) < 4.78 is 23.1. The molecule has 1 heterocycles. The molecule has 1 aliphatic heterocycles. The molecule has 1 amide bonds. The summed E-state index contributed by atoms with van der Waals surface area (Å²) in [6.45, 7) is 1.76. The average Bonchev–Trinajstić information content (AvgIpc) is 2.80. The fourth-order valence-corrected chi connectivity index (χ4v) is 4.23. The smallest absolute Gasteiger partial charge is 0.241 e. The van der Waals surface area contributed by atoms with E-state index in [2.05, 4.69) is 5.32 Å². The van der Waals surface area contributed by atoms with Gasteiger partial charge in [0, 0.05) is 6.04 Å². The van der Waals surface area contributed by atoms with Crippen LogP contribution < -0.4 is 11.1 Å².